The van der Waals surface area contributed by atoms with Crippen molar-refractivity contribution < 1.29 is 4.79 Å². The molecule has 0 aromatic carbocycles. The lowest BCUT2D eigenvalue weighted by atomic mass is 9.78. The van der Waals surface area contributed by atoms with Crippen molar-refractivity contribution in [3.05, 3.63) is 30.1 Å². The Morgan fingerprint density at radius 1 is 1.23 bits per heavy atom. The molecule has 5 nitrogen and oxygen atoms in total. The van der Waals surface area contributed by atoms with Gasteiger partial charge >= 0.3 is 0 Å². The topological polar surface area (TPSA) is 48.5 Å². The lowest BCUT2D eigenvalue weighted by molar-refractivity contribution is -0.128. The minimum Gasteiger partial charge on any atom is -0.352 e. The highest BCUT2D eigenvalue weighted by Crippen LogP contribution is 2.29. The van der Waals surface area contributed by atoms with Gasteiger partial charge < -0.3 is 5.32 Å². The van der Waals surface area contributed by atoms with Gasteiger partial charge in [-0.2, -0.15) is 0 Å². The zero-order chi connectivity index (χ0) is 18.5. The molecule has 2 fully saturated rings. The highest BCUT2D eigenvalue weighted by molar-refractivity contribution is 5.81. The average Bonchev–Trinajstić information content (AvgIpc) is 2.66. The first-order valence-corrected chi connectivity index (χ1v) is 10.2. The quantitative estimate of drug-likeness (QED) is 0.879. The molecule has 1 saturated heterocycles. The second kappa shape index (κ2) is 8.96. The molecular formula is C21H34N4O. The number of nitrogens with one attached hydrogen (secondary N) is 1. The molecule has 1 aromatic rings. The smallest absolute Gasteiger partial charge is 0.237 e. The lowest BCUT2D eigenvalue weighted by Crippen LogP contribution is -2.56. The van der Waals surface area contributed by atoms with Gasteiger partial charge in [-0.25, -0.2) is 0 Å². The zero-order valence-electron chi connectivity index (χ0n) is 16.5. The molecule has 0 spiro atoms. The van der Waals surface area contributed by atoms with Gasteiger partial charge in [-0.1, -0.05) is 32.8 Å². The Morgan fingerprint density at radius 2 is 2.00 bits per heavy atom. The number of aromatic nitrogens is 1. The van der Waals surface area contributed by atoms with E-state index in [1.807, 2.05) is 18.3 Å². The van der Waals surface area contributed by atoms with Crippen molar-refractivity contribution in [3.63, 3.8) is 0 Å². The van der Waals surface area contributed by atoms with Crippen molar-refractivity contribution in [1.82, 2.24) is 20.1 Å². The summed E-state index contributed by atoms with van der Waals surface area (Å²) < 4.78 is 0. The first-order valence-electron chi connectivity index (χ1n) is 10.2. The Hall–Kier alpha value is -1.46. The van der Waals surface area contributed by atoms with Crippen molar-refractivity contribution in [2.45, 2.75) is 58.7 Å². The molecule has 1 saturated carbocycles. The van der Waals surface area contributed by atoms with Crippen LogP contribution in [0.3, 0.4) is 0 Å². The van der Waals surface area contributed by atoms with Crippen LogP contribution in [-0.4, -0.2) is 59.0 Å². The van der Waals surface area contributed by atoms with E-state index in [2.05, 4.69) is 46.9 Å². The van der Waals surface area contributed by atoms with Gasteiger partial charge in [0.15, 0.2) is 0 Å². The molecule has 4 atom stereocenters. The van der Waals surface area contributed by atoms with Crippen LogP contribution in [0.5, 0.6) is 0 Å². The first kappa shape index (κ1) is 19.3. The zero-order valence-corrected chi connectivity index (χ0v) is 16.5. The summed E-state index contributed by atoms with van der Waals surface area (Å²) in [5.74, 6) is 1.49. The Morgan fingerprint density at radius 3 is 2.69 bits per heavy atom. The minimum atomic E-state index is -0.0450. The van der Waals surface area contributed by atoms with Gasteiger partial charge in [0, 0.05) is 45.0 Å². The van der Waals surface area contributed by atoms with Gasteiger partial charge in [-0.3, -0.25) is 19.6 Å². The van der Waals surface area contributed by atoms with Gasteiger partial charge in [-0.15, -0.1) is 0 Å². The number of piperazine rings is 1. The molecule has 3 rings (SSSR count). The second-order valence-corrected chi connectivity index (χ2v) is 8.19. The van der Waals surface area contributed by atoms with E-state index in [-0.39, 0.29) is 11.9 Å². The van der Waals surface area contributed by atoms with E-state index >= 15 is 0 Å². The molecule has 26 heavy (non-hydrogen) atoms. The van der Waals surface area contributed by atoms with E-state index in [0.717, 1.165) is 44.8 Å². The normalized spacial score (nSPS) is 29.3. The van der Waals surface area contributed by atoms with Crippen LogP contribution in [0.1, 0.15) is 45.7 Å². The monoisotopic (exact) mass is 358 g/mol. The van der Waals surface area contributed by atoms with E-state index in [1.165, 1.54) is 12.8 Å². The van der Waals surface area contributed by atoms with Crippen LogP contribution in [0.2, 0.25) is 0 Å². The summed E-state index contributed by atoms with van der Waals surface area (Å²) in [6.45, 7) is 11.4. The number of amides is 1. The van der Waals surface area contributed by atoms with Gasteiger partial charge in [0.1, 0.15) is 0 Å². The third-order valence-corrected chi connectivity index (χ3v) is 6.48. The van der Waals surface area contributed by atoms with Crippen molar-refractivity contribution in [1.29, 1.82) is 0 Å². The van der Waals surface area contributed by atoms with Gasteiger partial charge in [0.25, 0.3) is 0 Å². The van der Waals surface area contributed by atoms with Crippen LogP contribution in [0.25, 0.3) is 0 Å². The number of rotatable bonds is 5. The third-order valence-electron chi connectivity index (χ3n) is 6.48. The summed E-state index contributed by atoms with van der Waals surface area (Å²) in [5.41, 5.74) is 1.12. The molecule has 1 amide bonds. The highest BCUT2D eigenvalue weighted by atomic mass is 16.2. The molecule has 4 unspecified atom stereocenters. The van der Waals surface area contributed by atoms with Crippen molar-refractivity contribution >= 4 is 5.91 Å². The summed E-state index contributed by atoms with van der Waals surface area (Å²) in [5, 5.41) is 3.34. The average molecular weight is 359 g/mol. The number of nitrogens with zero attached hydrogens (tertiary/aromatic N) is 3. The van der Waals surface area contributed by atoms with Crippen LogP contribution in [0, 0.1) is 11.8 Å². The third kappa shape index (κ3) is 4.83. The molecule has 2 aliphatic rings. The van der Waals surface area contributed by atoms with Crippen molar-refractivity contribution in [2.75, 3.05) is 26.2 Å². The molecule has 1 aromatic heterocycles. The summed E-state index contributed by atoms with van der Waals surface area (Å²) in [6, 6.07) is 6.37. The van der Waals surface area contributed by atoms with Crippen molar-refractivity contribution in [2.24, 2.45) is 11.8 Å². The number of carbonyl (C=O) groups excluding carboxylic acids is 1. The van der Waals surface area contributed by atoms with Crippen LogP contribution in [0.4, 0.5) is 0 Å². The minimum absolute atomic E-state index is 0.0450. The molecule has 2 heterocycles. The van der Waals surface area contributed by atoms with Crippen LogP contribution in [-0.2, 0) is 11.3 Å². The predicted octanol–water partition coefficient (Wildman–Crippen LogP) is 2.53. The molecule has 5 heteroatoms. The van der Waals surface area contributed by atoms with E-state index in [9.17, 15) is 4.79 Å². The van der Waals surface area contributed by atoms with Gasteiger partial charge in [-0.05, 0) is 37.3 Å². The fraction of sp³-hybridized carbons (Fsp3) is 0.714. The molecule has 144 valence electrons. The van der Waals surface area contributed by atoms with Crippen LogP contribution >= 0.6 is 0 Å². The predicted molar refractivity (Wildman–Crippen MR) is 105 cm³/mol. The second-order valence-electron chi connectivity index (χ2n) is 8.19. The molecule has 0 radical (unpaired) electrons. The Balaban J connectivity index is 1.45. The largest absolute Gasteiger partial charge is 0.352 e. The number of pyridine rings is 1. The Bertz CT molecular complexity index is 571. The lowest BCUT2D eigenvalue weighted by Gasteiger charge is -2.39. The number of carbonyl (C=O) groups is 1. The molecule has 1 aliphatic carbocycles. The summed E-state index contributed by atoms with van der Waals surface area (Å²) >= 11 is 0. The summed E-state index contributed by atoms with van der Waals surface area (Å²) in [6.07, 6.45) is 5.51. The first-order chi connectivity index (χ1) is 12.5. The SMILES string of the molecule is CC1CCCC(NC(=O)C(C)N2CCN(Cc3ccccn3)CC2)C1C. The van der Waals surface area contributed by atoms with E-state index in [1.54, 1.807) is 0 Å². The standard InChI is InChI=1S/C21H34N4O/c1-16-7-6-9-20(17(16)2)23-21(26)18(3)25-13-11-24(12-14-25)15-19-8-4-5-10-22-19/h4-5,8,10,16-18,20H,6-7,9,11-15H2,1-3H3,(H,23,26). The van der Waals surface area contributed by atoms with Crippen LogP contribution < -0.4 is 5.32 Å². The van der Waals surface area contributed by atoms with E-state index in [4.69, 9.17) is 0 Å². The Labute approximate surface area is 158 Å². The fourth-order valence-corrected chi connectivity index (χ4v) is 4.28. The maximum atomic E-state index is 12.8. The number of hydrogen-bond donors (Lipinski definition) is 1. The van der Waals surface area contributed by atoms with Gasteiger partial charge in [0.05, 0.1) is 11.7 Å². The molecule has 0 bridgehead atoms. The number of hydrogen-bond acceptors (Lipinski definition) is 4. The van der Waals surface area contributed by atoms with E-state index < -0.39 is 0 Å². The van der Waals surface area contributed by atoms with E-state index in [0.29, 0.717) is 17.9 Å². The molecule has 1 N–H and O–H groups in total. The molecular weight excluding hydrogens is 324 g/mol. The van der Waals surface area contributed by atoms with Crippen molar-refractivity contribution in [3.8, 4) is 0 Å². The maximum Gasteiger partial charge on any atom is 0.237 e. The van der Waals surface area contributed by atoms with Gasteiger partial charge in [0.2, 0.25) is 5.91 Å². The summed E-state index contributed by atoms with van der Waals surface area (Å²) in [4.78, 5) is 21.9. The Kier molecular flexibility index (Phi) is 6.65. The molecule has 1 aliphatic heterocycles. The highest BCUT2D eigenvalue weighted by Gasteiger charge is 2.31. The van der Waals surface area contributed by atoms with Crippen LogP contribution in [0.15, 0.2) is 24.4 Å². The maximum absolute atomic E-state index is 12.8. The summed E-state index contributed by atoms with van der Waals surface area (Å²) in [7, 11) is 0. The fourth-order valence-electron chi connectivity index (χ4n) is 4.28.